The highest BCUT2D eigenvalue weighted by atomic mass is 32.2. The molecule has 0 bridgehead atoms. The lowest BCUT2D eigenvalue weighted by atomic mass is 10.3. The Morgan fingerprint density at radius 2 is 2.17 bits per heavy atom. The summed E-state index contributed by atoms with van der Waals surface area (Å²) in [4.78, 5) is 16.7. The van der Waals surface area contributed by atoms with Crippen molar-refractivity contribution in [1.82, 2.24) is 14.8 Å². The summed E-state index contributed by atoms with van der Waals surface area (Å²) in [5.74, 6) is 1.70. The van der Waals surface area contributed by atoms with E-state index in [0.717, 1.165) is 38.1 Å². The molecule has 1 N–H and O–H groups in total. The molecule has 90 valence electrons. The number of thiazole rings is 1. The molecule has 1 aliphatic rings. The Kier molecular flexibility index (Phi) is 2.15. The first-order valence-electron chi connectivity index (χ1n) is 5.59. The smallest absolute Gasteiger partial charge is 0.277 e. The van der Waals surface area contributed by atoms with Crippen LogP contribution in [0.4, 0.5) is 0 Å². The van der Waals surface area contributed by atoms with Gasteiger partial charge in [-0.25, -0.2) is 4.98 Å². The second-order valence-corrected chi connectivity index (χ2v) is 6.16. The van der Waals surface area contributed by atoms with Gasteiger partial charge in [0.2, 0.25) is 5.13 Å². The Bertz CT molecular complexity index is 766. The van der Waals surface area contributed by atoms with E-state index >= 15 is 0 Å². The van der Waals surface area contributed by atoms with Gasteiger partial charge in [0.1, 0.15) is 0 Å². The van der Waals surface area contributed by atoms with Gasteiger partial charge >= 0.3 is 0 Å². The molecule has 0 atom stereocenters. The first-order chi connectivity index (χ1) is 8.83. The largest absolute Gasteiger partial charge is 0.292 e. The fraction of sp³-hybridized carbons (Fsp3) is 0.167. The van der Waals surface area contributed by atoms with Crippen molar-refractivity contribution in [3.05, 3.63) is 45.9 Å². The number of nitrogens with one attached hydrogen (secondary N) is 1. The number of aromatic amines is 1. The summed E-state index contributed by atoms with van der Waals surface area (Å²) >= 11 is 3.31. The number of hydrogen-bond acceptors (Lipinski definition) is 4. The minimum atomic E-state index is 0.0501. The molecule has 18 heavy (non-hydrogen) atoms. The van der Waals surface area contributed by atoms with Gasteiger partial charge in [0.25, 0.3) is 5.56 Å². The van der Waals surface area contributed by atoms with Gasteiger partial charge in [-0.05, 0) is 12.1 Å². The van der Waals surface area contributed by atoms with Gasteiger partial charge in [0.15, 0.2) is 0 Å². The third-order valence-corrected chi connectivity index (χ3v) is 5.05. The van der Waals surface area contributed by atoms with Crippen LogP contribution in [-0.4, -0.2) is 14.8 Å². The third-order valence-electron chi connectivity index (χ3n) is 3.04. The van der Waals surface area contributed by atoms with E-state index in [0.29, 0.717) is 0 Å². The number of nitrogens with zero attached hydrogens (tertiary/aromatic N) is 2. The van der Waals surface area contributed by atoms with E-state index in [1.807, 2.05) is 24.3 Å². The maximum Gasteiger partial charge on any atom is 0.277 e. The maximum absolute atomic E-state index is 12.2. The number of para-hydroxylation sites is 1. The molecule has 0 aliphatic carbocycles. The highest BCUT2D eigenvalue weighted by Gasteiger charge is 2.21. The molecule has 2 aromatic heterocycles. The van der Waals surface area contributed by atoms with Crippen molar-refractivity contribution in [2.75, 3.05) is 0 Å². The second kappa shape index (κ2) is 3.73. The Labute approximate surface area is 111 Å². The number of fused-ring (bicyclic) bond motifs is 2. The van der Waals surface area contributed by atoms with Gasteiger partial charge in [0.05, 0.1) is 21.5 Å². The lowest BCUT2D eigenvalue weighted by Gasteiger charge is -1.95. The van der Waals surface area contributed by atoms with Crippen molar-refractivity contribution in [2.45, 2.75) is 11.5 Å². The summed E-state index contributed by atoms with van der Waals surface area (Å²) in [5.41, 5.74) is 2.94. The van der Waals surface area contributed by atoms with E-state index < -0.39 is 0 Å². The number of aromatic nitrogens is 3. The zero-order valence-electron chi connectivity index (χ0n) is 9.34. The lowest BCUT2D eigenvalue weighted by Crippen LogP contribution is -2.16. The highest BCUT2D eigenvalue weighted by molar-refractivity contribution is 7.98. The zero-order chi connectivity index (χ0) is 12.1. The molecule has 6 heteroatoms. The van der Waals surface area contributed by atoms with E-state index in [2.05, 4.69) is 10.1 Å². The first kappa shape index (κ1) is 10.4. The van der Waals surface area contributed by atoms with Crippen LogP contribution < -0.4 is 5.56 Å². The summed E-state index contributed by atoms with van der Waals surface area (Å²) in [6.45, 7) is 0. The number of thioether (sulfide) groups is 1. The van der Waals surface area contributed by atoms with Crippen molar-refractivity contribution in [3.8, 4) is 5.13 Å². The lowest BCUT2D eigenvalue weighted by molar-refractivity contribution is 0.826. The third kappa shape index (κ3) is 1.39. The van der Waals surface area contributed by atoms with Crippen LogP contribution in [-0.2, 0) is 11.5 Å². The molecule has 0 amide bonds. The standard InChI is InChI=1S/C12H9N3OS2/c16-11-7-5-17-6-9(7)14-15(11)12-13-8-3-1-2-4-10(8)18-12/h1-4,14H,5-6H2. The number of hydrogen-bond donors (Lipinski definition) is 1. The van der Waals surface area contributed by atoms with E-state index in [-0.39, 0.29) is 5.56 Å². The van der Waals surface area contributed by atoms with Crippen LogP contribution in [0.3, 0.4) is 0 Å². The quantitative estimate of drug-likeness (QED) is 0.742. The fourth-order valence-electron chi connectivity index (χ4n) is 2.13. The average molecular weight is 275 g/mol. The molecule has 0 fully saturated rings. The molecular weight excluding hydrogens is 266 g/mol. The summed E-state index contributed by atoms with van der Waals surface area (Å²) in [6, 6.07) is 7.93. The van der Waals surface area contributed by atoms with Gasteiger partial charge in [0, 0.05) is 11.5 Å². The number of rotatable bonds is 1. The molecular formula is C12H9N3OS2. The Balaban J connectivity index is 1.95. The molecule has 0 unspecified atom stereocenters. The van der Waals surface area contributed by atoms with Crippen molar-refractivity contribution in [3.63, 3.8) is 0 Å². The molecule has 0 saturated carbocycles. The Hall–Kier alpha value is -1.53. The summed E-state index contributed by atoms with van der Waals surface area (Å²) in [5, 5.41) is 3.89. The normalized spacial score (nSPS) is 14.2. The molecule has 4 rings (SSSR count). The maximum atomic E-state index is 12.2. The monoisotopic (exact) mass is 275 g/mol. The molecule has 0 spiro atoms. The predicted octanol–water partition coefficient (Wildman–Crippen LogP) is 2.52. The molecule has 4 nitrogen and oxygen atoms in total. The van der Waals surface area contributed by atoms with Crippen LogP contribution >= 0.6 is 23.1 Å². The van der Waals surface area contributed by atoms with Crippen LogP contribution in [0.1, 0.15) is 11.3 Å². The highest BCUT2D eigenvalue weighted by Crippen LogP contribution is 2.28. The summed E-state index contributed by atoms with van der Waals surface area (Å²) in [6.07, 6.45) is 0. The van der Waals surface area contributed by atoms with Crippen molar-refractivity contribution in [1.29, 1.82) is 0 Å². The van der Waals surface area contributed by atoms with Gasteiger partial charge in [-0.15, -0.1) is 0 Å². The van der Waals surface area contributed by atoms with Crippen molar-refractivity contribution >= 4 is 33.3 Å². The summed E-state index contributed by atoms with van der Waals surface area (Å²) < 4.78 is 2.68. The minimum absolute atomic E-state index is 0.0501. The Morgan fingerprint density at radius 1 is 1.28 bits per heavy atom. The number of benzene rings is 1. The fourth-order valence-corrected chi connectivity index (χ4v) is 4.10. The van der Waals surface area contributed by atoms with Gasteiger partial charge < -0.3 is 0 Å². The molecule has 0 saturated heterocycles. The SMILES string of the molecule is O=c1c2c([nH]n1-c1nc3ccccc3s1)CSC2. The minimum Gasteiger partial charge on any atom is -0.292 e. The van der Waals surface area contributed by atoms with E-state index in [1.54, 1.807) is 16.4 Å². The van der Waals surface area contributed by atoms with Gasteiger partial charge in [-0.3, -0.25) is 9.89 Å². The van der Waals surface area contributed by atoms with Gasteiger partial charge in [-0.2, -0.15) is 16.4 Å². The van der Waals surface area contributed by atoms with E-state index in [4.69, 9.17) is 0 Å². The summed E-state index contributed by atoms with van der Waals surface area (Å²) in [7, 11) is 0. The van der Waals surface area contributed by atoms with Crippen LogP contribution in [0.2, 0.25) is 0 Å². The average Bonchev–Trinajstić information content (AvgIpc) is 3.04. The Morgan fingerprint density at radius 3 is 3.00 bits per heavy atom. The topological polar surface area (TPSA) is 50.7 Å². The van der Waals surface area contributed by atoms with Crippen LogP contribution in [0.15, 0.2) is 29.1 Å². The van der Waals surface area contributed by atoms with Crippen molar-refractivity contribution in [2.24, 2.45) is 0 Å². The second-order valence-electron chi connectivity index (χ2n) is 4.17. The molecule has 3 aromatic rings. The van der Waals surface area contributed by atoms with E-state index in [9.17, 15) is 4.79 Å². The first-order valence-corrected chi connectivity index (χ1v) is 7.56. The van der Waals surface area contributed by atoms with Gasteiger partial charge in [-0.1, -0.05) is 23.5 Å². The number of H-pyrrole nitrogens is 1. The zero-order valence-corrected chi connectivity index (χ0v) is 11.0. The predicted molar refractivity (Wildman–Crippen MR) is 74.6 cm³/mol. The van der Waals surface area contributed by atoms with Crippen LogP contribution in [0.25, 0.3) is 15.3 Å². The van der Waals surface area contributed by atoms with Crippen LogP contribution in [0.5, 0.6) is 0 Å². The molecule has 1 aliphatic heterocycles. The molecule has 1 aromatic carbocycles. The van der Waals surface area contributed by atoms with Crippen molar-refractivity contribution < 1.29 is 0 Å². The van der Waals surface area contributed by atoms with E-state index in [1.165, 1.54) is 11.3 Å². The molecule has 0 radical (unpaired) electrons. The van der Waals surface area contributed by atoms with Crippen LogP contribution in [0, 0.1) is 0 Å². The molecule has 3 heterocycles.